The molecule has 0 saturated carbocycles. The van der Waals surface area contributed by atoms with Crippen LogP contribution in [0.3, 0.4) is 0 Å². The van der Waals surface area contributed by atoms with Crippen LogP contribution >= 0.6 is 0 Å². The Bertz CT molecular complexity index is 157. The van der Waals surface area contributed by atoms with Crippen LogP contribution in [0.4, 0.5) is 0 Å². The van der Waals surface area contributed by atoms with Gasteiger partial charge >= 0.3 is 5.97 Å². The lowest BCUT2D eigenvalue weighted by atomic mass is 10.1. The summed E-state index contributed by atoms with van der Waals surface area (Å²) in [6, 6.07) is 0. The summed E-state index contributed by atoms with van der Waals surface area (Å²) in [5.41, 5.74) is 0. The highest BCUT2D eigenvalue weighted by Gasteiger charge is 2.12. The van der Waals surface area contributed by atoms with E-state index in [2.05, 4.69) is 6.92 Å². The molecule has 3 heteroatoms. The highest BCUT2D eigenvalue weighted by molar-refractivity contribution is 5.71. The highest BCUT2D eigenvalue weighted by Crippen LogP contribution is 2.08. The molecule has 1 unspecified atom stereocenters. The lowest BCUT2D eigenvalue weighted by Crippen LogP contribution is -2.15. The van der Waals surface area contributed by atoms with Crippen LogP contribution in [0.1, 0.15) is 52.4 Å². The van der Waals surface area contributed by atoms with Crippen molar-refractivity contribution in [2.45, 2.75) is 52.4 Å². The Morgan fingerprint density at radius 1 is 1.27 bits per heavy atom. The zero-order valence-corrected chi connectivity index (χ0v) is 10.00. The number of carbonyl (C=O) groups is 1. The fraction of sp³-hybridized carbons (Fsp3) is 0.917. The first-order chi connectivity index (χ1) is 7.22. The van der Waals surface area contributed by atoms with E-state index < -0.39 is 0 Å². The van der Waals surface area contributed by atoms with Gasteiger partial charge in [-0.1, -0.05) is 26.7 Å². The molecule has 0 aromatic rings. The maximum atomic E-state index is 11.4. The monoisotopic (exact) mass is 216 g/mol. The van der Waals surface area contributed by atoms with Crippen LogP contribution < -0.4 is 0 Å². The third-order valence-electron chi connectivity index (χ3n) is 2.42. The maximum absolute atomic E-state index is 11.4. The van der Waals surface area contributed by atoms with E-state index in [0.29, 0.717) is 6.61 Å². The number of aliphatic hydroxyl groups is 1. The molecule has 0 aliphatic rings. The standard InChI is InChI=1S/C12H24O3/c1-3-8-11(2)12(14)15-10-7-5-4-6-9-13/h11,13H,3-10H2,1-2H3. The molecular weight excluding hydrogens is 192 g/mol. The van der Waals surface area contributed by atoms with E-state index in [1.807, 2.05) is 6.92 Å². The molecule has 0 aromatic carbocycles. The predicted octanol–water partition coefficient (Wildman–Crippen LogP) is 2.52. The molecule has 0 aromatic heterocycles. The Morgan fingerprint density at radius 3 is 2.53 bits per heavy atom. The molecule has 0 radical (unpaired) electrons. The molecule has 0 rings (SSSR count). The minimum absolute atomic E-state index is 0.0347. The van der Waals surface area contributed by atoms with Gasteiger partial charge in [-0.25, -0.2) is 0 Å². The van der Waals surface area contributed by atoms with Gasteiger partial charge in [0.15, 0.2) is 0 Å². The van der Waals surface area contributed by atoms with Crippen molar-refractivity contribution in [2.24, 2.45) is 5.92 Å². The molecule has 0 aliphatic heterocycles. The van der Waals surface area contributed by atoms with Crippen molar-refractivity contribution in [1.82, 2.24) is 0 Å². The van der Waals surface area contributed by atoms with Gasteiger partial charge in [0.25, 0.3) is 0 Å². The second-order valence-corrected chi connectivity index (χ2v) is 4.00. The van der Waals surface area contributed by atoms with Gasteiger partial charge in [0.05, 0.1) is 12.5 Å². The lowest BCUT2D eigenvalue weighted by Gasteiger charge is -2.09. The van der Waals surface area contributed by atoms with Crippen molar-refractivity contribution in [2.75, 3.05) is 13.2 Å². The summed E-state index contributed by atoms with van der Waals surface area (Å²) >= 11 is 0. The van der Waals surface area contributed by atoms with E-state index in [-0.39, 0.29) is 18.5 Å². The topological polar surface area (TPSA) is 46.5 Å². The van der Waals surface area contributed by atoms with Crippen molar-refractivity contribution in [3.63, 3.8) is 0 Å². The van der Waals surface area contributed by atoms with Crippen molar-refractivity contribution in [1.29, 1.82) is 0 Å². The Labute approximate surface area is 92.8 Å². The van der Waals surface area contributed by atoms with Crippen molar-refractivity contribution in [3.8, 4) is 0 Å². The number of ether oxygens (including phenoxy) is 1. The first-order valence-electron chi connectivity index (χ1n) is 5.99. The Morgan fingerprint density at radius 2 is 1.93 bits per heavy atom. The van der Waals surface area contributed by atoms with Crippen LogP contribution in [0, 0.1) is 5.92 Å². The van der Waals surface area contributed by atoms with Crippen LogP contribution in [0.15, 0.2) is 0 Å². The fourth-order valence-corrected chi connectivity index (χ4v) is 1.43. The van der Waals surface area contributed by atoms with E-state index in [0.717, 1.165) is 38.5 Å². The zero-order valence-electron chi connectivity index (χ0n) is 10.00. The highest BCUT2D eigenvalue weighted by atomic mass is 16.5. The summed E-state index contributed by atoms with van der Waals surface area (Å²) in [4.78, 5) is 11.4. The average Bonchev–Trinajstić information content (AvgIpc) is 2.23. The van der Waals surface area contributed by atoms with Crippen LogP contribution in [-0.4, -0.2) is 24.3 Å². The summed E-state index contributed by atoms with van der Waals surface area (Å²) in [7, 11) is 0. The summed E-state index contributed by atoms with van der Waals surface area (Å²) in [5, 5.41) is 8.56. The van der Waals surface area contributed by atoms with E-state index >= 15 is 0 Å². The first kappa shape index (κ1) is 14.4. The average molecular weight is 216 g/mol. The molecule has 1 atom stereocenters. The van der Waals surface area contributed by atoms with Gasteiger partial charge in [-0.05, 0) is 25.7 Å². The fourth-order valence-electron chi connectivity index (χ4n) is 1.43. The molecule has 3 nitrogen and oxygen atoms in total. The predicted molar refractivity (Wildman–Crippen MR) is 60.6 cm³/mol. The van der Waals surface area contributed by atoms with Crippen LogP contribution in [-0.2, 0) is 9.53 Å². The minimum Gasteiger partial charge on any atom is -0.465 e. The first-order valence-corrected chi connectivity index (χ1v) is 5.99. The van der Waals surface area contributed by atoms with Gasteiger partial charge in [-0.2, -0.15) is 0 Å². The molecule has 0 fully saturated rings. The van der Waals surface area contributed by atoms with E-state index in [9.17, 15) is 4.79 Å². The molecule has 0 amide bonds. The molecule has 15 heavy (non-hydrogen) atoms. The van der Waals surface area contributed by atoms with Crippen molar-refractivity contribution >= 4 is 5.97 Å². The zero-order chi connectivity index (χ0) is 11.5. The number of aliphatic hydroxyl groups excluding tert-OH is 1. The second-order valence-electron chi connectivity index (χ2n) is 4.00. The molecule has 0 heterocycles. The Hall–Kier alpha value is -0.570. The summed E-state index contributed by atoms with van der Waals surface area (Å²) in [6.07, 6.45) is 5.72. The maximum Gasteiger partial charge on any atom is 0.308 e. The SMILES string of the molecule is CCCC(C)C(=O)OCCCCCCO. The number of rotatable bonds is 9. The van der Waals surface area contributed by atoms with E-state index in [4.69, 9.17) is 9.84 Å². The van der Waals surface area contributed by atoms with E-state index in [1.54, 1.807) is 0 Å². The number of unbranched alkanes of at least 4 members (excludes halogenated alkanes) is 3. The van der Waals surface area contributed by atoms with Crippen LogP contribution in [0.5, 0.6) is 0 Å². The molecule has 0 aliphatic carbocycles. The number of hydrogen-bond acceptors (Lipinski definition) is 3. The normalized spacial score (nSPS) is 12.5. The van der Waals surface area contributed by atoms with Crippen LogP contribution in [0.2, 0.25) is 0 Å². The Balaban J connectivity index is 3.30. The number of esters is 1. The van der Waals surface area contributed by atoms with Crippen LogP contribution in [0.25, 0.3) is 0 Å². The third-order valence-corrected chi connectivity index (χ3v) is 2.42. The van der Waals surface area contributed by atoms with E-state index in [1.165, 1.54) is 0 Å². The van der Waals surface area contributed by atoms with Gasteiger partial charge < -0.3 is 9.84 Å². The smallest absolute Gasteiger partial charge is 0.308 e. The van der Waals surface area contributed by atoms with Crippen molar-refractivity contribution in [3.05, 3.63) is 0 Å². The number of hydrogen-bond donors (Lipinski definition) is 1. The van der Waals surface area contributed by atoms with Gasteiger partial charge in [-0.3, -0.25) is 4.79 Å². The van der Waals surface area contributed by atoms with Gasteiger partial charge in [-0.15, -0.1) is 0 Å². The summed E-state index contributed by atoms with van der Waals surface area (Å²) in [5.74, 6) is -0.0357. The van der Waals surface area contributed by atoms with Gasteiger partial charge in [0.2, 0.25) is 0 Å². The second kappa shape index (κ2) is 9.97. The molecule has 1 N–H and O–H groups in total. The molecule has 90 valence electrons. The quantitative estimate of drug-likeness (QED) is 0.476. The molecular formula is C12H24O3. The Kier molecular flexibility index (Phi) is 9.59. The summed E-state index contributed by atoms with van der Waals surface area (Å²) < 4.78 is 5.14. The summed E-state index contributed by atoms with van der Waals surface area (Å²) in [6.45, 7) is 4.77. The van der Waals surface area contributed by atoms with Gasteiger partial charge in [0, 0.05) is 6.61 Å². The van der Waals surface area contributed by atoms with Gasteiger partial charge in [0.1, 0.15) is 0 Å². The molecule has 0 spiro atoms. The third kappa shape index (κ3) is 8.43. The molecule has 0 saturated heterocycles. The number of carbonyl (C=O) groups excluding carboxylic acids is 1. The lowest BCUT2D eigenvalue weighted by molar-refractivity contribution is -0.148. The van der Waals surface area contributed by atoms with Crippen molar-refractivity contribution < 1.29 is 14.6 Å². The largest absolute Gasteiger partial charge is 0.465 e. The minimum atomic E-state index is -0.0704. The molecule has 0 bridgehead atoms.